The summed E-state index contributed by atoms with van der Waals surface area (Å²) < 4.78 is 3.18. The van der Waals surface area contributed by atoms with Gasteiger partial charge in [0.25, 0.3) is 11.2 Å². The van der Waals surface area contributed by atoms with Crippen molar-refractivity contribution in [3.05, 3.63) is 134 Å². The molecule has 9 heteroatoms. The number of aromatic nitrogens is 1. The van der Waals surface area contributed by atoms with Gasteiger partial charge in [0, 0.05) is 16.1 Å². The number of benzene rings is 3. The number of hydrogen-bond donors (Lipinski definition) is 0. The third-order valence-corrected chi connectivity index (χ3v) is 8.35. The van der Waals surface area contributed by atoms with Crippen molar-refractivity contribution in [2.24, 2.45) is 4.99 Å². The summed E-state index contributed by atoms with van der Waals surface area (Å²) in [6.07, 6.45) is 3.36. The van der Waals surface area contributed by atoms with Crippen LogP contribution in [-0.2, 0) is 6.42 Å². The molecule has 0 fully saturated rings. The van der Waals surface area contributed by atoms with Gasteiger partial charge in [-0.3, -0.25) is 19.5 Å². The number of nitro groups is 1. The summed E-state index contributed by atoms with van der Waals surface area (Å²) in [6, 6.07) is 20.6. The molecule has 1 atom stereocenters. The minimum absolute atomic E-state index is 0.0557. The highest BCUT2D eigenvalue weighted by Gasteiger charge is 2.32. The number of rotatable bonds is 3. The van der Waals surface area contributed by atoms with E-state index in [-0.39, 0.29) is 22.3 Å². The first-order valence-electron chi connectivity index (χ1n) is 11.2. The Morgan fingerprint density at radius 2 is 1.89 bits per heavy atom. The number of allylic oxidation sites excluding steroid dienone is 1. The predicted octanol–water partition coefficient (Wildman–Crippen LogP) is 5.64. The molecule has 1 aromatic heterocycles. The van der Waals surface area contributed by atoms with Crippen LogP contribution in [0.3, 0.4) is 0 Å². The number of nitro benzene ring substituents is 1. The molecule has 178 valence electrons. The molecule has 0 radical (unpaired) electrons. The zero-order valence-electron chi connectivity index (χ0n) is 18.7. The first kappa shape index (κ1) is 23.1. The average molecular weight is 579 g/mol. The van der Waals surface area contributed by atoms with E-state index in [4.69, 9.17) is 16.6 Å². The van der Waals surface area contributed by atoms with Crippen LogP contribution in [0.15, 0.2) is 86.6 Å². The average Bonchev–Trinajstić information content (AvgIpc) is 3.18. The number of aryl methyl sites for hydroxylation is 1. The molecular formula is C27H17BrClN3O3S. The predicted molar refractivity (Wildman–Crippen MR) is 145 cm³/mol. The van der Waals surface area contributed by atoms with Gasteiger partial charge in [0.2, 0.25) is 0 Å². The molecule has 4 aromatic rings. The molecule has 0 spiro atoms. The summed E-state index contributed by atoms with van der Waals surface area (Å²) in [5, 5.41) is 11.4. The van der Waals surface area contributed by atoms with E-state index in [1.807, 2.05) is 36.4 Å². The van der Waals surface area contributed by atoms with Gasteiger partial charge in [-0.15, -0.1) is 0 Å². The Labute approximate surface area is 222 Å². The van der Waals surface area contributed by atoms with Crippen molar-refractivity contribution >= 4 is 56.3 Å². The molecule has 0 saturated carbocycles. The first-order valence-corrected chi connectivity index (χ1v) is 13.2. The Morgan fingerprint density at radius 3 is 2.67 bits per heavy atom. The Bertz CT molecular complexity index is 1770. The maximum Gasteiger partial charge on any atom is 0.288 e. The van der Waals surface area contributed by atoms with E-state index in [0.29, 0.717) is 14.9 Å². The van der Waals surface area contributed by atoms with Gasteiger partial charge in [-0.1, -0.05) is 81.3 Å². The number of fused-ring (bicyclic) bond motifs is 3. The third-order valence-electron chi connectivity index (χ3n) is 6.52. The van der Waals surface area contributed by atoms with E-state index in [2.05, 4.69) is 28.1 Å². The molecule has 0 saturated heterocycles. The van der Waals surface area contributed by atoms with E-state index in [1.165, 1.54) is 29.0 Å². The highest BCUT2D eigenvalue weighted by atomic mass is 79.9. The van der Waals surface area contributed by atoms with Crippen LogP contribution < -0.4 is 14.9 Å². The van der Waals surface area contributed by atoms with Crippen LogP contribution in [-0.4, -0.2) is 9.49 Å². The molecule has 6 nitrogen and oxygen atoms in total. The van der Waals surface area contributed by atoms with Crippen molar-refractivity contribution < 1.29 is 4.92 Å². The van der Waals surface area contributed by atoms with Gasteiger partial charge in [-0.25, -0.2) is 4.99 Å². The van der Waals surface area contributed by atoms with Gasteiger partial charge < -0.3 is 0 Å². The summed E-state index contributed by atoms with van der Waals surface area (Å²) in [4.78, 5) is 30.2. The molecule has 1 unspecified atom stereocenters. The van der Waals surface area contributed by atoms with Gasteiger partial charge >= 0.3 is 0 Å². The standard InChI is InChI=1S/C27H17BrClN3O3S/c28-18-9-6-17(7-10-18)25-20-11-8-16-3-1-2-4-19(16)24(20)30-27-31(25)26(33)23(36-27)14-15-5-12-21(29)22(13-15)32(34)35/h1-7,9-10,12-14,25H,8,11H2. The third kappa shape index (κ3) is 3.86. The highest BCUT2D eigenvalue weighted by Crippen LogP contribution is 2.41. The van der Waals surface area contributed by atoms with Crippen LogP contribution in [0.2, 0.25) is 5.02 Å². The summed E-state index contributed by atoms with van der Waals surface area (Å²) in [6.45, 7) is 0. The minimum atomic E-state index is -0.527. The fourth-order valence-corrected chi connectivity index (χ4v) is 6.33. The van der Waals surface area contributed by atoms with Gasteiger partial charge in [0.1, 0.15) is 5.02 Å². The normalized spacial score (nSPS) is 16.7. The monoisotopic (exact) mass is 577 g/mol. The zero-order valence-corrected chi connectivity index (χ0v) is 21.8. The van der Waals surface area contributed by atoms with Crippen molar-refractivity contribution in [2.45, 2.75) is 18.9 Å². The summed E-state index contributed by atoms with van der Waals surface area (Å²) in [5.41, 5.74) is 5.58. The second-order valence-electron chi connectivity index (χ2n) is 8.63. The van der Waals surface area contributed by atoms with Crippen molar-refractivity contribution in [3.8, 4) is 0 Å². The highest BCUT2D eigenvalue weighted by molar-refractivity contribution is 9.10. The Hall–Kier alpha value is -3.33. The molecule has 0 amide bonds. The number of thiazole rings is 1. The lowest BCUT2D eigenvalue weighted by atomic mass is 9.83. The lowest BCUT2D eigenvalue weighted by Gasteiger charge is -2.30. The quantitative estimate of drug-likeness (QED) is 0.233. The van der Waals surface area contributed by atoms with Crippen LogP contribution in [0.4, 0.5) is 5.69 Å². The summed E-state index contributed by atoms with van der Waals surface area (Å²) >= 11 is 10.8. The van der Waals surface area contributed by atoms with Gasteiger partial charge in [-0.2, -0.15) is 0 Å². The van der Waals surface area contributed by atoms with Crippen LogP contribution in [0.25, 0.3) is 11.8 Å². The maximum atomic E-state index is 13.8. The second kappa shape index (κ2) is 8.96. The maximum absolute atomic E-state index is 13.8. The van der Waals surface area contributed by atoms with Crippen molar-refractivity contribution in [1.82, 2.24) is 4.57 Å². The van der Waals surface area contributed by atoms with Crippen molar-refractivity contribution in [2.75, 3.05) is 0 Å². The second-order valence-corrected chi connectivity index (χ2v) is 11.0. The number of nitrogens with zero attached hydrogens (tertiary/aromatic N) is 3. The fourth-order valence-electron chi connectivity index (χ4n) is 4.88. The van der Waals surface area contributed by atoms with E-state index in [0.717, 1.165) is 39.7 Å². The van der Waals surface area contributed by atoms with Crippen molar-refractivity contribution in [3.63, 3.8) is 0 Å². The van der Waals surface area contributed by atoms with Crippen molar-refractivity contribution in [1.29, 1.82) is 0 Å². The molecule has 36 heavy (non-hydrogen) atoms. The molecule has 0 N–H and O–H groups in total. The van der Waals surface area contributed by atoms with Gasteiger partial charge in [0.15, 0.2) is 4.80 Å². The zero-order chi connectivity index (χ0) is 25.0. The van der Waals surface area contributed by atoms with E-state index in [1.54, 1.807) is 16.7 Å². The smallest absolute Gasteiger partial charge is 0.272 e. The molecule has 1 aliphatic carbocycles. The van der Waals surface area contributed by atoms with Gasteiger partial charge in [0.05, 0.1) is 21.2 Å². The van der Waals surface area contributed by atoms with Crippen LogP contribution in [0, 0.1) is 10.1 Å². The Kier molecular flexibility index (Phi) is 5.75. The Morgan fingerprint density at radius 1 is 1.11 bits per heavy atom. The fraction of sp³-hybridized carbons (Fsp3) is 0.111. The van der Waals surface area contributed by atoms with Crippen LogP contribution in [0.5, 0.6) is 0 Å². The van der Waals surface area contributed by atoms with E-state index >= 15 is 0 Å². The largest absolute Gasteiger partial charge is 0.288 e. The number of hydrogen-bond acceptors (Lipinski definition) is 5. The lowest BCUT2D eigenvalue weighted by molar-refractivity contribution is -0.384. The minimum Gasteiger partial charge on any atom is -0.272 e. The van der Waals surface area contributed by atoms with E-state index < -0.39 is 4.92 Å². The summed E-state index contributed by atoms with van der Waals surface area (Å²) in [7, 11) is 0. The molecule has 2 heterocycles. The van der Waals surface area contributed by atoms with E-state index in [9.17, 15) is 14.9 Å². The molecule has 3 aromatic carbocycles. The molecule has 1 aliphatic heterocycles. The van der Waals surface area contributed by atoms with Gasteiger partial charge in [-0.05, 0) is 59.4 Å². The number of halogens is 2. The molecule has 6 rings (SSSR count). The van der Waals surface area contributed by atoms with Crippen LogP contribution in [0.1, 0.15) is 34.7 Å². The SMILES string of the molecule is O=c1c(=Cc2ccc(Cl)c([N+](=O)[O-])c2)sc2n1C(c1ccc(Br)cc1)C1=C(N=2)c2ccccc2CC1. The molecule has 2 aliphatic rings. The van der Waals surface area contributed by atoms with Crippen LogP contribution >= 0.6 is 38.9 Å². The lowest BCUT2D eigenvalue weighted by Crippen LogP contribution is -2.38. The first-order chi connectivity index (χ1) is 17.4. The molecule has 0 bridgehead atoms. The summed E-state index contributed by atoms with van der Waals surface area (Å²) in [5.74, 6) is 0. The Balaban J connectivity index is 1.60. The molecular weight excluding hydrogens is 562 g/mol. The topological polar surface area (TPSA) is 77.5 Å².